The summed E-state index contributed by atoms with van der Waals surface area (Å²) < 4.78 is 37.2. The normalized spacial score (nSPS) is 28.1. The van der Waals surface area contributed by atoms with Gasteiger partial charge in [0.25, 0.3) is 0 Å². The number of likely N-dealkylation sites (tertiary alicyclic amines) is 2. The van der Waals surface area contributed by atoms with Crippen molar-refractivity contribution in [2.45, 2.75) is 38.4 Å². The molecule has 8 heteroatoms. The first-order valence-electron chi connectivity index (χ1n) is 7.56. The van der Waals surface area contributed by atoms with Crippen molar-refractivity contribution in [3.8, 4) is 0 Å². The van der Waals surface area contributed by atoms with Crippen molar-refractivity contribution >= 4 is 11.8 Å². The monoisotopic (exact) mass is 321 g/mol. The number of amides is 2. The minimum atomic E-state index is -4.43. The van der Waals surface area contributed by atoms with Gasteiger partial charge in [-0.15, -0.1) is 0 Å². The summed E-state index contributed by atoms with van der Waals surface area (Å²) in [5.74, 6) is -1.28. The molecule has 0 radical (unpaired) electrons. The van der Waals surface area contributed by atoms with E-state index in [2.05, 4.69) is 0 Å². The third kappa shape index (κ3) is 4.12. The van der Waals surface area contributed by atoms with Crippen LogP contribution >= 0.6 is 0 Å². The molecule has 2 amide bonds. The van der Waals surface area contributed by atoms with Gasteiger partial charge in [-0.3, -0.25) is 9.59 Å². The molecule has 0 saturated carbocycles. The molecule has 3 unspecified atom stereocenters. The predicted octanol–water partition coefficient (Wildman–Crippen LogP) is 0.983. The Morgan fingerprint density at radius 2 is 2.09 bits per heavy atom. The van der Waals surface area contributed by atoms with E-state index >= 15 is 0 Å². The Morgan fingerprint density at radius 1 is 1.41 bits per heavy atom. The molecule has 2 fully saturated rings. The van der Waals surface area contributed by atoms with Gasteiger partial charge in [0.1, 0.15) is 6.54 Å². The molecular weight excluding hydrogens is 299 g/mol. The number of alkyl halides is 3. The van der Waals surface area contributed by atoms with Gasteiger partial charge in [-0.05, 0) is 25.7 Å². The second-order valence-electron chi connectivity index (χ2n) is 6.34. The van der Waals surface area contributed by atoms with Crippen LogP contribution < -0.4 is 5.73 Å². The van der Waals surface area contributed by atoms with E-state index in [1.807, 2.05) is 6.92 Å². The van der Waals surface area contributed by atoms with Crippen molar-refractivity contribution in [2.24, 2.45) is 17.6 Å². The first-order chi connectivity index (χ1) is 10.2. The summed E-state index contributed by atoms with van der Waals surface area (Å²) in [5.41, 5.74) is 5.87. The van der Waals surface area contributed by atoms with Crippen LogP contribution in [0.5, 0.6) is 0 Å². The Kier molecular flexibility index (Phi) is 4.99. The molecule has 126 valence electrons. The van der Waals surface area contributed by atoms with Crippen molar-refractivity contribution in [1.82, 2.24) is 9.80 Å². The summed E-state index contributed by atoms with van der Waals surface area (Å²) in [6, 6.07) is -0.0254. The van der Waals surface area contributed by atoms with Crippen LogP contribution in [0.4, 0.5) is 13.2 Å². The first-order valence-corrected chi connectivity index (χ1v) is 7.56. The lowest BCUT2D eigenvalue weighted by atomic mass is 9.91. The van der Waals surface area contributed by atoms with Gasteiger partial charge in [0.15, 0.2) is 0 Å². The van der Waals surface area contributed by atoms with Crippen LogP contribution in [0.2, 0.25) is 0 Å². The third-order valence-electron chi connectivity index (χ3n) is 4.45. The first kappa shape index (κ1) is 17.1. The Morgan fingerprint density at radius 3 is 2.68 bits per heavy atom. The lowest BCUT2D eigenvalue weighted by Crippen LogP contribution is -2.47. The fourth-order valence-corrected chi connectivity index (χ4v) is 3.20. The van der Waals surface area contributed by atoms with Crippen molar-refractivity contribution in [3.05, 3.63) is 0 Å². The molecule has 3 atom stereocenters. The Hall–Kier alpha value is -1.31. The van der Waals surface area contributed by atoms with Crippen molar-refractivity contribution < 1.29 is 22.8 Å². The highest BCUT2D eigenvalue weighted by Crippen LogP contribution is 2.27. The van der Waals surface area contributed by atoms with Gasteiger partial charge in [-0.1, -0.05) is 0 Å². The molecular formula is C14H22F3N3O2. The van der Waals surface area contributed by atoms with E-state index in [0.29, 0.717) is 13.1 Å². The standard InChI is InChI=1S/C14H22F3N3O2/c1-9(18)10-3-2-4-19(6-10)13(22)11-5-12(21)20(7-11)8-14(15,16)17/h9-11H,2-8,18H2,1H3. The predicted molar refractivity (Wildman–Crippen MR) is 73.7 cm³/mol. The molecule has 2 rings (SSSR count). The number of piperidine rings is 1. The maximum atomic E-state index is 12.5. The van der Waals surface area contributed by atoms with E-state index in [-0.39, 0.29) is 30.8 Å². The molecule has 0 bridgehead atoms. The molecule has 0 aromatic heterocycles. The molecule has 0 aromatic rings. The maximum Gasteiger partial charge on any atom is 0.406 e. The van der Waals surface area contributed by atoms with E-state index in [0.717, 1.165) is 17.7 Å². The Balaban J connectivity index is 1.94. The number of carbonyl (C=O) groups is 2. The smallest absolute Gasteiger partial charge is 0.342 e. The number of hydrogen-bond donors (Lipinski definition) is 1. The van der Waals surface area contributed by atoms with E-state index in [1.54, 1.807) is 4.90 Å². The van der Waals surface area contributed by atoms with Gasteiger partial charge in [-0.2, -0.15) is 13.2 Å². The zero-order valence-electron chi connectivity index (χ0n) is 12.6. The topological polar surface area (TPSA) is 66.6 Å². The van der Waals surface area contributed by atoms with Crippen molar-refractivity contribution in [3.63, 3.8) is 0 Å². The Labute approximate surface area is 127 Å². The maximum absolute atomic E-state index is 12.5. The zero-order valence-corrected chi connectivity index (χ0v) is 12.6. The summed E-state index contributed by atoms with van der Waals surface area (Å²) in [4.78, 5) is 26.5. The average Bonchev–Trinajstić information content (AvgIpc) is 2.77. The summed E-state index contributed by atoms with van der Waals surface area (Å²) in [7, 11) is 0. The lowest BCUT2D eigenvalue weighted by Gasteiger charge is -2.35. The number of carbonyl (C=O) groups excluding carboxylic acids is 2. The summed E-state index contributed by atoms with van der Waals surface area (Å²) in [6.07, 6.45) is -2.77. The summed E-state index contributed by atoms with van der Waals surface area (Å²) in [6.45, 7) is 1.59. The summed E-state index contributed by atoms with van der Waals surface area (Å²) >= 11 is 0. The lowest BCUT2D eigenvalue weighted by molar-refractivity contribution is -0.157. The van der Waals surface area contributed by atoms with Gasteiger partial charge in [0.05, 0.1) is 5.92 Å². The van der Waals surface area contributed by atoms with Crippen LogP contribution in [0.1, 0.15) is 26.2 Å². The van der Waals surface area contributed by atoms with Crippen LogP contribution in [0.3, 0.4) is 0 Å². The number of nitrogens with two attached hydrogens (primary N) is 1. The minimum absolute atomic E-state index is 0.0254. The molecule has 2 N–H and O–H groups in total. The van der Waals surface area contributed by atoms with Crippen LogP contribution in [0, 0.1) is 11.8 Å². The van der Waals surface area contributed by atoms with E-state index < -0.39 is 24.5 Å². The molecule has 0 spiro atoms. The van der Waals surface area contributed by atoms with E-state index in [9.17, 15) is 22.8 Å². The van der Waals surface area contributed by atoms with Gasteiger partial charge in [0.2, 0.25) is 11.8 Å². The number of hydrogen-bond acceptors (Lipinski definition) is 3. The second-order valence-corrected chi connectivity index (χ2v) is 6.34. The highest BCUT2D eigenvalue weighted by Gasteiger charge is 2.42. The minimum Gasteiger partial charge on any atom is -0.342 e. The van der Waals surface area contributed by atoms with Gasteiger partial charge in [-0.25, -0.2) is 0 Å². The highest BCUT2D eigenvalue weighted by atomic mass is 19.4. The third-order valence-corrected chi connectivity index (χ3v) is 4.45. The van der Waals surface area contributed by atoms with E-state index in [1.165, 1.54) is 0 Å². The molecule has 2 heterocycles. The fourth-order valence-electron chi connectivity index (χ4n) is 3.20. The quantitative estimate of drug-likeness (QED) is 0.843. The Bertz CT molecular complexity index is 440. The summed E-state index contributed by atoms with van der Waals surface area (Å²) in [5, 5.41) is 0. The number of nitrogens with zero attached hydrogens (tertiary/aromatic N) is 2. The number of rotatable bonds is 3. The molecule has 2 aliphatic rings. The van der Waals surface area contributed by atoms with Gasteiger partial charge in [0, 0.05) is 32.1 Å². The van der Waals surface area contributed by atoms with Gasteiger partial charge >= 0.3 is 6.18 Å². The molecule has 22 heavy (non-hydrogen) atoms. The van der Waals surface area contributed by atoms with Crippen molar-refractivity contribution in [2.75, 3.05) is 26.2 Å². The highest BCUT2D eigenvalue weighted by molar-refractivity contribution is 5.89. The second kappa shape index (κ2) is 6.44. The molecule has 0 aromatic carbocycles. The zero-order chi connectivity index (χ0) is 16.5. The molecule has 0 aliphatic carbocycles. The van der Waals surface area contributed by atoms with Crippen LogP contribution in [-0.4, -0.2) is 60.0 Å². The largest absolute Gasteiger partial charge is 0.406 e. The van der Waals surface area contributed by atoms with Gasteiger partial charge < -0.3 is 15.5 Å². The molecule has 2 saturated heterocycles. The SMILES string of the molecule is CC(N)C1CCCN(C(=O)C2CC(=O)N(CC(F)(F)F)C2)C1. The van der Waals surface area contributed by atoms with Crippen molar-refractivity contribution in [1.29, 1.82) is 0 Å². The van der Waals surface area contributed by atoms with Crippen LogP contribution in [0.15, 0.2) is 0 Å². The van der Waals surface area contributed by atoms with E-state index in [4.69, 9.17) is 5.73 Å². The molecule has 5 nitrogen and oxygen atoms in total. The molecule has 2 aliphatic heterocycles. The van der Waals surface area contributed by atoms with Crippen LogP contribution in [0.25, 0.3) is 0 Å². The fraction of sp³-hybridized carbons (Fsp3) is 0.857. The number of halogens is 3. The average molecular weight is 321 g/mol. The van der Waals surface area contributed by atoms with Crippen LogP contribution in [-0.2, 0) is 9.59 Å².